The molecule has 0 atom stereocenters. The average molecular weight is 763 g/mol. The Morgan fingerprint density at radius 2 is 1.00 bits per heavy atom. The van der Waals surface area contributed by atoms with Crippen molar-refractivity contribution in [1.82, 2.24) is 19.9 Å². The molecule has 0 unspecified atom stereocenters. The van der Waals surface area contributed by atoms with E-state index < -0.39 is 111 Å². The van der Waals surface area contributed by atoms with Gasteiger partial charge in [-0.2, -0.15) is 13.2 Å². The van der Waals surface area contributed by atoms with E-state index in [0.717, 1.165) is 13.1 Å². The van der Waals surface area contributed by atoms with Crippen molar-refractivity contribution in [2.45, 2.75) is 25.9 Å². The SMILES string of the molecule is [C-]#[N+]/C(C#N)=c1\c2c(/c(=C(/C#N)[N+]#[C-])c3c1Cc1nc(-c4c(F)c(F)c(C(F)(F)F)c(F)c4F)cnc1-3)-c1ncc(-c3c(F)c(F)c(C)c(F)c3F)nc1C2. The van der Waals surface area contributed by atoms with Gasteiger partial charge in [0.2, 0.25) is 0 Å². The molecule has 2 aliphatic rings. The van der Waals surface area contributed by atoms with Gasteiger partial charge in [0.1, 0.15) is 5.56 Å². The topological polar surface area (TPSA) is 108 Å². The summed E-state index contributed by atoms with van der Waals surface area (Å²) in [5.74, 6) is -17.3. The van der Waals surface area contributed by atoms with Crippen LogP contribution in [0.3, 0.4) is 0 Å². The van der Waals surface area contributed by atoms with Gasteiger partial charge in [0.15, 0.2) is 46.5 Å². The first kappa shape index (κ1) is 36.1. The highest BCUT2D eigenvalue weighted by molar-refractivity contribution is 5.91. The van der Waals surface area contributed by atoms with Crippen LogP contribution in [0.5, 0.6) is 0 Å². The lowest BCUT2D eigenvalue weighted by atomic mass is 9.92. The number of rotatable bonds is 2. The third kappa shape index (κ3) is 5.01. The average Bonchev–Trinajstić information content (AvgIpc) is 3.71. The largest absolute Gasteiger partial charge is 0.422 e. The monoisotopic (exact) mass is 762 g/mol. The smallest absolute Gasteiger partial charge is 0.252 e. The maximum atomic E-state index is 15.0. The molecule has 0 aliphatic heterocycles. The van der Waals surface area contributed by atoms with E-state index in [4.69, 9.17) is 13.1 Å². The third-order valence-corrected chi connectivity index (χ3v) is 9.01. The molecule has 2 aliphatic carbocycles. The first-order chi connectivity index (χ1) is 26.0. The molecule has 0 radical (unpaired) electrons. The molecule has 0 bridgehead atoms. The molecule has 2 heterocycles. The van der Waals surface area contributed by atoms with Crippen LogP contribution in [0.2, 0.25) is 0 Å². The Hall–Kier alpha value is -7.25. The second kappa shape index (κ2) is 12.4. The fourth-order valence-electron chi connectivity index (χ4n) is 6.70. The fourth-order valence-corrected chi connectivity index (χ4v) is 6.70. The number of nitriles is 2. The molecule has 7 rings (SSSR count). The Kier molecular flexibility index (Phi) is 8.16. The zero-order valence-electron chi connectivity index (χ0n) is 26.8. The van der Waals surface area contributed by atoms with E-state index in [1.165, 1.54) is 0 Å². The van der Waals surface area contributed by atoms with Gasteiger partial charge < -0.3 is 0 Å². The number of benzene rings is 3. The molecule has 0 N–H and O–H groups in total. The predicted octanol–water partition coefficient (Wildman–Crippen LogP) is 7.29. The molecule has 0 amide bonds. The van der Waals surface area contributed by atoms with Gasteiger partial charge in [-0.25, -0.2) is 65.3 Å². The molecule has 270 valence electrons. The Balaban J connectivity index is 1.54. The molecular weight excluding hydrogens is 753 g/mol. The van der Waals surface area contributed by atoms with Crippen LogP contribution in [-0.4, -0.2) is 19.9 Å². The van der Waals surface area contributed by atoms with Crippen LogP contribution in [-0.2, 0) is 19.0 Å². The second-order valence-corrected chi connectivity index (χ2v) is 11.8. The van der Waals surface area contributed by atoms with Crippen LogP contribution >= 0.6 is 0 Å². The van der Waals surface area contributed by atoms with Crippen molar-refractivity contribution in [3.8, 4) is 57.2 Å². The summed E-state index contributed by atoms with van der Waals surface area (Å²) in [6.45, 7) is 16.3. The number of hydrogen-bond acceptors (Lipinski definition) is 6. The van der Waals surface area contributed by atoms with Crippen LogP contribution in [0.15, 0.2) is 12.4 Å². The predicted molar refractivity (Wildman–Crippen MR) is 165 cm³/mol. The zero-order chi connectivity index (χ0) is 40.0. The van der Waals surface area contributed by atoms with Crippen LogP contribution < -0.4 is 10.4 Å². The summed E-state index contributed by atoms with van der Waals surface area (Å²) in [5, 5.41) is 19.6. The molecule has 8 nitrogen and oxygen atoms in total. The number of aromatic nitrogens is 4. The summed E-state index contributed by atoms with van der Waals surface area (Å²) in [6, 6.07) is 3.40. The summed E-state index contributed by atoms with van der Waals surface area (Å²) >= 11 is 0. The fraction of sp³-hybridized carbons (Fsp3) is 0.111. The van der Waals surface area contributed by atoms with Gasteiger partial charge >= 0.3 is 6.18 Å². The Bertz CT molecular complexity index is 2870. The summed E-state index contributed by atoms with van der Waals surface area (Å²) in [6.07, 6.45) is -5.44. The van der Waals surface area contributed by atoms with Crippen molar-refractivity contribution in [3.63, 3.8) is 0 Å². The van der Waals surface area contributed by atoms with Crippen molar-refractivity contribution in [3.05, 3.63) is 126 Å². The van der Waals surface area contributed by atoms with Gasteiger partial charge in [0.05, 0.1) is 83.0 Å². The minimum absolute atomic E-state index is 0.0176. The van der Waals surface area contributed by atoms with Crippen molar-refractivity contribution >= 4 is 11.4 Å². The zero-order valence-corrected chi connectivity index (χ0v) is 26.8. The maximum absolute atomic E-state index is 15.0. The van der Waals surface area contributed by atoms with E-state index in [1.807, 2.05) is 0 Å². The van der Waals surface area contributed by atoms with Gasteiger partial charge in [-0.1, -0.05) is 0 Å². The third-order valence-electron chi connectivity index (χ3n) is 9.01. The molecule has 3 aromatic carbocycles. The van der Waals surface area contributed by atoms with E-state index in [-0.39, 0.29) is 55.5 Å². The summed E-state index contributed by atoms with van der Waals surface area (Å²) < 4.78 is 158. The number of halogens is 11. The van der Waals surface area contributed by atoms with Crippen LogP contribution in [0.4, 0.5) is 48.3 Å². The number of hydrogen-bond donors (Lipinski definition) is 0. The van der Waals surface area contributed by atoms with Gasteiger partial charge in [0, 0.05) is 40.0 Å². The van der Waals surface area contributed by atoms with E-state index in [2.05, 4.69) is 29.6 Å². The molecule has 0 saturated carbocycles. The Labute approximate surface area is 299 Å². The summed E-state index contributed by atoms with van der Waals surface area (Å²) in [4.78, 5) is 23.0. The normalized spacial score (nSPS) is 13.5. The van der Waals surface area contributed by atoms with Crippen molar-refractivity contribution in [1.29, 1.82) is 10.5 Å². The van der Waals surface area contributed by atoms with Crippen molar-refractivity contribution in [2.75, 3.05) is 0 Å². The standard InChI is InChI=1S/C36H9F11N8/c1-10-26(37)28(39)23(29(40)27(10)38)17-8-52-34-13(54-17)4-11-19(15(6-48)50-2)12-5-14-35(21(12)22(20(11)34)16(7-49)51-3)53-9-18(55-14)24-30(41)32(43)25(36(45,46)47)33(44)31(24)42/h8-9H,4-5H2,1H3/b19-15+,22-16+. The van der Waals surface area contributed by atoms with Crippen LogP contribution in [0.1, 0.15) is 33.6 Å². The Morgan fingerprint density at radius 1 is 0.618 bits per heavy atom. The number of fused-ring (bicyclic) bond motifs is 6. The van der Waals surface area contributed by atoms with Crippen molar-refractivity contribution < 1.29 is 48.3 Å². The first-order valence-corrected chi connectivity index (χ1v) is 15.0. The summed E-state index contributed by atoms with van der Waals surface area (Å²) in [7, 11) is 0. The second-order valence-electron chi connectivity index (χ2n) is 11.8. The molecule has 0 spiro atoms. The number of nitrogens with zero attached hydrogens (tertiary/aromatic N) is 8. The highest BCUT2D eigenvalue weighted by atomic mass is 19.4. The minimum Gasteiger partial charge on any atom is -0.252 e. The molecular formula is C36H9F11N8. The van der Waals surface area contributed by atoms with E-state index >= 15 is 8.78 Å². The highest BCUT2D eigenvalue weighted by Crippen LogP contribution is 2.42. The lowest BCUT2D eigenvalue weighted by molar-refractivity contribution is -0.143. The van der Waals surface area contributed by atoms with E-state index in [9.17, 15) is 50.0 Å². The molecule has 0 saturated heterocycles. The highest BCUT2D eigenvalue weighted by Gasteiger charge is 2.43. The quantitative estimate of drug-likeness (QED) is 0.104. The van der Waals surface area contributed by atoms with Crippen LogP contribution in [0.25, 0.3) is 66.1 Å². The lowest BCUT2D eigenvalue weighted by Gasteiger charge is -2.14. The summed E-state index contributed by atoms with van der Waals surface area (Å²) in [5.41, 5.74) is -10.6. The lowest BCUT2D eigenvalue weighted by Crippen LogP contribution is -2.26. The Morgan fingerprint density at radius 3 is 1.36 bits per heavy atom. The minimum atomic E-state index is -5.82. The van der Waals surface area contributed by atoms with Gasteiger partial charge in [-0.15, -0.1) is 0 Å². The van der Waals surface area contributed by atoms with E-state index in [1.54, 1.807) is 12.1 Å². The van der Waals surface area contributed by atoms with Gasteiger partial charge in [0.25, 0.3) is 11.4 Å². The maximum Gasteiger partial charge on any atom is 0.422 e. The van der Waals surface area contributed by atoms with E-state index in [0.29, 0.717) is 6.20 Å². The van der Waals surface area contributed by atoms with Crippen LogP contribution in [0, 0.1) is 89.3 Å². The number of alkyl halides is 3. The van der Waals surface area contributed by atoms with Gasteiger partial charge in [-0.3, -0.25) is 9.97 Å². The molecule has 5 aromatic rings. The first-order valence-electron chi connectivity index (χ1n) is 15.0. The molecule has 19 heteroatoms. The van der Waals surface area contributed by atoms with Gasteiger partial charge in [-0.05, 0) is 18.1 Å². The van der Waals surface area contributed by atoms with Crippen molar-refractivity contribution in [2.24, 2.45) is 0 Å². The molecule has 2 aromatic heterocycles. The molecule has 0 fully saturated rings. The molecule has 55 heavy (non-hydrogen) atoms.